The number of phosphoric ester groups is 1. The zero-order valence-electron chi connectivity index (χ0n) is 12.1. The van der Waals surface area contributed by atoms with Crippen LogP contribution in [0.25, 0.3) is 0 Å². The summed E-state index contributed by atoms with van der Waals surface area (Å²) in [5.41, 5.74) is 0.565. The van der Waals surface area contributed by atoms with Gasteiger partial charge in [-0.1, -0.05) is 12.1 Å². The van der Waals surface area contributed by atoms with E-state index in [0.29, 0.717) is 5.56 Å². The summed E-state index contributed by atoms with van der Waals surface area (Å²) < 4.78 is 21.0. The van der Waals surface area contributed by atoms with Gasteiger partial charge in [0.2, 0.25) is 0 Å². The van der Waals surface area contributed by atoms with Crippen molar-refractivity contribution in [3.8, 4) is 23.0 Å². The summed E-state index contributed by atoms with van der Waals surface area (Å²) in [7, 11) is -4.82. The van der Waals surface area contributed by atoms with Crippen molar-refractivity contribution in [2.75, 3.05) is 0 Å². The zero-order chi connectivity index (χ0) is 17.5. The Bertz CT molecular complexity index is 839. The fourth-order valence-corrected chi connectivity index (χ4v) is 2.86. The van der Waals surface area contributed by atoms with Crippen molar-refractivity contribution >= 4 is 13.6 Å². The minimum absolute atomic E-state index is 0.0238. The number of phenolic OH excluding ortho intramolecular Hbond substituents is 2. The standard InChI is InChI=1S/C15H13O8P/c16-9-3-1-8(2-4-9)13-7-12(18)15-11(17)5-10(6-14(15)22-13)23-24(19,20)21/h1-6,13,16-17H,7H2,(H2,19,20,21)/t13-/m0/s1. The number of hydrogen-bond donors (Lipinski definition) is 4. The number of carbonyl (C=O) groups excluding carboxylic acids is 1. The topological polar surface area (TPSA) is 134 Å². The van der Waals surface area contributed by atoms with Crippen molar-refractivity contribution in [3.05, 3.63) is 47.5 Å². The molecule has 8 nitrogen and oxygen atoms in total. The highest BCUT2D eigenvalue weighted by Gasteiger charge is 2.31. The predicted octanol–water partition coefficient (Wildman–Crippen LogP) is 2.28. The second kappa shape index (κ2) is 5.83. The van der Waals surface area contributed by atoms with Gasteiger partial charge in [-0.05, 0) is 17.7 Å². The molecule has 0 amide bonds. The smallest absolute Gasteiger partial charge is 0.508 e. The number of benzene rings is 2. The molecule has 1 aliphatic heterocycles. The SMILES string of the molecule is O=C1C[C@@H](c2ccc(O)cc2)Oc2cc(OP(=O)(O)O)cc(O)c21. The predicted molar refractivity (Wildman–Crippen MR) is 81.2 cm³/mol. The molecule has 0 aromatic heterocycles. The fourth-order valence-electron chi connectivity index (χ4n) is 2.48. The van der Waals surface area contributed by atoms with E-state index < -0.39 is 19.7 Å². The minimum atomic E-state index is -4.82. The average Bonchev–Trinajstić information content (AvgIpc) is 2.45. The molecule has 9 heteroatoms. The summed E-state index contributed by atoms with van der Waals surface area (Å²) in [5.74, 6) is -1.15. The van der Waals surface area contributed by atoms with Gasteiger partial charge in [0.15, 0.2) is 5.78 Å². The summed E-state index contributed by atoms with van der Waals surface area (Å²) >= 11 is 0. The molecule has 1 aliphatic rings. The first kappa shape index (κ1) is 16.3. The highest BCUT2D eigenvalue weighted by molar-refractivity contribution is 7.46. The molecule has 1 heterocycles. The van der Waals surface area contributed by atoms with Crippen LogP contribution in [0.15, 0.2) is 36.4 Å². The molecule has 4 N–H and O–H groups in total. The molecule has 24 heavy (non-hydrogen) atoms. The van der Waals surface area contributed by atoms with Crippen molar-refractivity contribution < 1.29 is 38.6 Å². The number of Topliss-reactive ketones (excluding diaryl/α,β-unsaturated/α-hetero) is 1. The van der Waals surface area contributed by atoms with Gasteiger partial charge >= 0.3 is 7.82 Å². The molecular formula is C15H13O8P. The van der Waals surface area contributed by atoms with Gasteiger partial charge in [0.05, 0.1) is 6.42 Å². The van der Waals surface area contributed by atoms with Crippen molar-refractivity contribution in [1.82, 2.24) is 0 Å². The number of aromatic hydroxyl groups is 2. The van der Waals surface area contributed by atoms with Crippen LogP contribution in [-0.4, -0.2) is 25.8 Å². The van der Waals surface area contributed by atoms with Gasteiger partial charge in [-0.2, -0.15) is 0 Å². The Morgan fingerprint density at radius 3 is 2.42 bits per heavy atom. The van der Waals surface area contributed by atoms with Crippen LogP contribution in [0.5, 0.6) is 23.0 Å². The van der Waals surface area contributed by atoms with Crippen LogP contribution < -0.4 is 9.26 Å². The van der Waals surface area contributed by atoms with E-state index in [2.05, 4.69) is 4.52 Å². The van der Waals surface area contributed by atoms with Gasteiger partial charge in [0.25, 0.3) is 0 Å². The van der Waals surface area contributed by atoms with Crippen LogP contribution in [0.3, 0.4) is 0 Å². The lowest BCUT2D eigenvalue weighted by atomic mass is 9.95. The summed E-state index contributed by atoms with van der Waals surface area (Å²) in [6.07, 6.45) is -0.681. The molecular weight excluding hydrogens is 339 g/mol. The molecule has 0 radical (unpaired) electrons. The van der Waals surface area contributed by atoms with E-state index in [1.807, 2.05) is 0 Å². The molecule has 0 bridgehead atoms. The number of carbonyl (C=O) groups is 1. The molecule has 0 aliphatic carbocycles. The Labute approximate surface area is 136 Å². The molecule has 126 valence electrons. The number of phosphoric acid groups is 1. The highest BCUT2D eigenvalue weighted by Crippen LogP contribution is 2.45. The van der Waals surface area contributed by atoms with Crippen LogP contribution in [0, 0.1) is 0 Å². The lowest BCUT2D eigenvalue weighted by molar-refractivity contribution is 0.0845. The lowest BCUT2D eigenvalue weighted by Crippen LogP contribution is -2.20. The van der Waals surface area contributed by atoms with Gasteiger partial charge in [0, 0.05) is 12.1 Å². The van der Waals surface area contributed by atoms with Gasteiger partial charge in [0.1, 0.15) is 34.7 Å². The summed E-state index contributed by atoms with van der Waals surface area (Å²) in [6.45, 7) is 0. The largest absolute Gasteiger partial charge is 0.524 e. The first-order chi connectivity index (χ1) is 11.2. The van der Waals surface area contributed by atoms with Crippen molar-refractivity contribution in [3.63, 3.8) is 0 Å². The van der Waals surface area contributed by atoms with E-state index >= 15 is 0 Å². The van der Waals surface area contributed by atoms with E-state index in [4.69, 9.17) is 14.5 Å². The molecule has 0 spiro atoms. The molecule has 0 unspecified atom stereocenters. The first-order valence-electron chi connectivity index (χ1n) is 6.84. The Morgan fingerprint density at radius 2 is 1.79 bits per heavy atom. The number of phenols is 2. The first-order valence-corrected chi connectivity index (χ1v) is 8.37. The maximum atomic E-state index is 12.3. The van der Waals surface area contributed by atoms with E-state index in [9.17, 15) is 19.6 Å². The Balaban J connectivity index is 1.97. The Hall–Kier alpha value is -2.54. The fraction of sp³-hybridized carbons (Fsp3) is 0.133. The third-order valence-electron chi connectivity index (χ3n) is 3.46. The third kappa shape index (κ3) is 3.35. The normalized spacial score (nSPS) is 17.1. The third-order valence-corrected chi connectivity index (χ3v) is 3.91. The zero-order valence-corrected chi connectivity index (χ0v) is 13.0. The number of rotatable bonds is 3. The van der Waals surface area contributed by atoms with Crippen LogP contribution >= 0.6 is 7.82 Å². The van der Waals surface area contributed by atoms with Crippen LogP contribution in [-0.2, 0) is 4.57 Å². The lowest BCUT2D eigenvalue weighted by Gasteiger charge is -2.26. The monoisotopic (exact) mass is 352 g/mol. The van der Waals surface area contributed by atoms with Crippen LogP contribution in [0.4, 0.5) is 0 Å². The van der Waals surface area contributed by atoms with Gasteiger partial charge in [-0.25, -0.2) is 4.57 Å². The number of ether oxygens (including phenoxy) is 1. The Kier molecular flexibility index (Phi) is 3.96. The summed E-state index contributed by atoms with van der Waals surface area (Å²) in [4.78, 5) is 30.0. The number of hydrogen-bond acceptors (Lipinski definition) is 6. The molecule has 1 atom stereocenters. The molecule has 0 saturated carbocycles. The second-order valence-corrected chi connectivity index (χ2v) is 6.39. The number of fused-ring (bicyclic) bond motifs is 1. The van der Waals surface area contributed by atoms with E-state index in [1.165, 1.54) is 12.1 Å². The molecule has 0 fully saturated rings. The van der Waals surface area contributed by atoms with Gasteiger partial charge < -0.3 is 19.5 Å². The van der Waals surface area contributed by atoms with E-state index in [0.717, 1.165) is 12.1 Å². The molecule has 0 saturated heterocycles. The quantitative estimate of drug-likeness (QED) is 0.618. The summed E-state index contributed by atoms with van der Waals surface area (Å²) in [5, 5.41) is 19.2. The second-order valence-electron chi connectivity index (χ2n) is 5.22. The van der Waals surface area contributed by atoms with Gasteiger partial charge in [-0.3, -0.25) is 14.6 Å². The van der Waals surface area contributed by atoms with Crippen molar-refractivity contribution in [2.24, 2.45) is 0 Å². The molecule has 3 rings (SSSR count). The average molecular weight is 352 g/mol. The van der Waals surface area contributed by atoms with Crippen LogP contribution in [0.2, 0.25) is 0 Å². The maximum absolute atomic E-state index is 12.3. The Morgan fingerprint density at radius 1 is 1.12 bits per heavy atom. The molecule has 2 aromatic carbocycles. The minimum Gasteiger partial charge on any atom is -0.508 e. The van der Waals surface area contributed by atoms with Crippen molar-refractivity contribution in [1.29, 1.82) is 0 Å². The molecule has 2 aromatic rings. The van der Waals surface area contributed by atoms with Crippen molar-refractivity contribution in [2.45, 2.75) is 12.5 Å². The highest BCUT2D eigenvalue weighted by atomic mass is 31.2. The van der Waals surface area contributed by atoms with Crippen LogP contribution in [0.1, 0.15) is 28.4 Å². The summed E-state index contributed by atoms with van der Waals surface area (Å²) in [6, 6.07) is 8.16. The van der Waals surface area contributed by atoms with E-state index in [1.54, 1.807) is 12.1 Å². The van der Waals surface area contributed by atoms with E-state index in [-0.39, 0.29) is 35.0 Å². The van der Waals surface area contributed by atoms with Gasteiger partial charge in [-0.15, -0.1) is 0 Å². The maximum Gasteiger partial charge on any atom is 0.524 e. The number of ketones is 1.